The largest absolute Gasteiger partial charge is 0.343 e. The van der Waals surface area contributed by atoms with Gasteiger partial charge < -0.3 is 5.32 Å². The topological polar surface area (TPSA) is 87.3 Å². The van der Waals surface area contributed by atoms with E-state index < -0.39 is 11.8 Å². The van der Waals surface area contributed by atoms with Crippen LogP contribution in [0.15, 0.2) is 42.5 Å². The van der Waals surface area contributed by atoms with Crippen LogP contribution < -0.4 is 16.2 Å². The van der Waals surface area contributed by atoms with Crippen LogP contribution in [0.5, 0.6) is 0 Å². The molecule has 0 spiro atoms. The van der Waals surface area contributed by atoms with E-state index in [9.17, 15) is 14.4 Å². The molecule has 3 amide bonds. The van der Waals surface area contributed by atoms with E-state index in [-0.39, 0.29) is 12.5 Å². The molecule has 0 bridgehead atoms. The fraction of sp³-hybridized carbons (Fsp3) is 0.211. The Balaban J connectivity index is 1.80. The summed E-state index contributed by atoms with van der Waals surface area (Å²) < 4.78 is 0. The van der Waals surface area contributed by atoms with Gasteiger partial charge in [-0.15, -0.1) is 0 Å². The zero-order valence-corrected chi connectivity index (χ0v) is 14.5. The molecule has 0 radical (unpaired) electrons. The van der Waals surface area contributed by atoms with E-state index in [1.54, 1.807) is 36.4 Å². The molecular formula is C19H21N3O3. The zero-order valence-electron chi connectivity index (χ0n) is 14.5. The molecule has 130 valence electrons. The molecule has 0 heterocycles. The van der Waals surface area contributed by atoms with Crippen LogP contribution in [-0.2, 0) is 4.79 Å². The third-order valence-corrected chi connectivity index (χ3v) is 3.81. The van der Waals surface area contributed by atoms with Gasteiger partial charge in [0.25, 0.3) is 17.7 Å². The molecule has 25 heavy (non-hydrogen) atoms. The van der Waals surface area contributed by atoms with Gasteiger partial charge in [-0.25, -0.2) is 0 Å². The first kappa shape index (κ1) is 18.2. The van der Waals surface area contributed by atoms with E-state index in [1.807, 2.05) is 26.8 Å². The van der Waals surface area contributed by atoms with Crippen LogP contribution in [0.3, 0.4) is 0 Å². The first-order valence-corrected chi connectivity index (χ1v) is 7.88. The Morgan fingerprint density at radius 1 is 0.760 bits per heavy atom. The minimum absolute atomic E-state index is 0.236. The zero-order chi connectivity index (χ0) is 18.4. The summed E-state index contributed by atoms with van der Waals surface area (Å²) in [4.78, 5) is 35.7. The number of aryl methyl sites for hydroxylation is 3. The van der Waals surface area contributed by atoms with Gasteiger partial charge in [-0.2, -0.15) is 0 Å². The highest BCUT2D eigenvalue weighted by Crippen LogP contribution is 2.09. The summed E-state index contributed by atoms with van der Waals surface area (Å²) in [5, 5.41) is 2.51. The summed E-state index contributed by atoms with van der Waals surface area (Å²) in [6.45, 7) is 5.56. The first-order valence-electron chi connectivity index (χ1n) is 7.88. The Morgan fingerprint density at radius 3 is 2.04 bits per heavy atom. The lowest BCUT2D eigenvalue weighted by molar-refractivity contribution is -0.120. The molecule has 0 aliphatic rings. The molecule has 0 aliphatic heterocycles. The predicted molar refractivity (Wildman–Crippen MR) is 95.0 cm³/mol. The summed E-state index contributed by atoms with van der Waals surface area (Å²) >= 11 is 0. The van der Waals surface area contributed by atoms with Gasteiger partial charge in [-0.1, -0.05) is 23.8 Å². The van der Waals surface area contributed by atoms with Crippen molar-refractivity contribution in [3.63, 3.8) is 0 Å². The lowest BCUT2D eigenvalue weighted by Crippen LogP contribution is -2.46. The van der Waals surface area contributed by atoms with Gasteiger partial charge in [0.2, 0.25) is 0 Å². The van der Waals surface area contributed by atoms with Gasteiger partial charge in [0.15, 0.2) is 0 Å². The molecule has 6 nitrogen and oxygen atoms in total. The summed E-state index contributed by atoms with van der Waals surface area (Å²) in [7, 11) is 0. The third-order valence-electron chi connectivity index (χ3n) is 3.81. The molecule has 2 aromatic carbocycles. The first-order chi connectivity index (χ1) is 11.9. The second kappa shape index (κ2) is 8.10. The number of carbonyl (C=O) groups excluding carboxylic acids is 3. The number of benzene rings is 2. The normalized spacial score (nSPS) is 10.0. The second-order valence-corrected chi connectivity index (χ2v) is 5.85. The molecule has 0 aromatic heterocycles. The van der Waals surface area contributed by atoms with Crippen LogP contribution in [-0.4, -0.2) is 24.3 Å². The lowest BCUT2D eigenvalue weighted by Gasteiger charge is -2.09. The molecule has 0 atom stereocenters. The Kier molecular flexibility index (Phi) is 5.89. The monoisotopic (exact) mass is 339 g/mol. The standard InChI is InChI=1S/C19H21N3O3/c1-12-4-7-15(8-5-12)19(25)22-21-17(23)11-20-18(24)16-9-6-13(2)14(3)10-16/h4-10H,11H2,1-3H3,(H,20,24)(H,21,23)(H,22,25). The molecule has 6 heteroatoms. The minimum atomic E-state index is -0.516. The Bertz CT molecular complexity index is 798. The van der Waals surface area contributed by atoms with Gasteiger partial charge in [0.1, 0.15) is 0 Å². The van der Waals surface area contributed by atoms with E-state index in [0.29, 0.717) is 11.1 Å². The molecule has 0 saturated heterocycles. The quantitative estimate of drug-likeness (QED) is 0.742. The fourth-order valence-electron chi connectivity index (χ4n) is 2.09. The maximum atomic E-state index is 12.0. The number of hydrazine groups is 1. The van der Waals surface area contributed by atoms with Crippen molar-refractivity contribution in [3.8, 4) is 0 Å². The number of nitrogens with one attached hydrogen (secondary N) is 3. The minimum Gasteiger partial charge on any atom is -0.343 e. The molecule has 3 N–H and O–H groups in total. The van der Waals surface area contributed by atoms with Gasteiger partial charge in [0, 0.05) is 11.1 Å². The Morgan fingerprint density at radius 2 is 1.40 bits per heavy atom. The van der Waals surface area contributed by atoms with Gasteiger partial charge in [-0.05, 0) is 56.2 Å². The Hall–Kier alpha value is -3.15. The number of hydrogen-bond donors (Lipinski definition) is 3. The smallest absolute Gasteiger partial charge is 0.269 e. The van der Waals surface area contributed by atoms with Crippen molar-refractivity contribution in [2.45, 2.75) is 20.8 Å². The average Bonchev–Trinajstić information content (AvgIpc) is 2.60. The van der Waals surface area contributed by atoms with E-state index in [0.717, 1.165) is 16.7 Å². The molecule has 0 unspecified atom stereocenters. The number of hydrogen-bond acceptors (Lipinski definition) is 3. The summed E-state index contributed by atoms with van der Waals surface area (Å²) in [5.41, 5.74) is 8.63. The average molecular weight is 339 g/mol. The van der Waals surface area contributed by atoms with E-state index in [2.05, 4.69) is 16.2 Å². The lowest BCUT2D eigenvalue weighted by atomic mass is 10.1. The molecule has 0 fully saturated rings. The van der Waals surface area contributed by atoms with Crippen LogP contribution in [0.1, 0.15) is 37.4 Å². The second-order valence-electron chi connectivity index (χ2n) is 5.85. The van der Waals surface area contributed by atoms with Crippen LogP contribution in [0.2, 0.25) is 0 Å². The number of rotatable bonds is 4. The van der Waals surface area contributed by atoms with Crippen LogP contribution in [0.4, 0.5) is 0 Å². The van der Waals surface area contributed by atoms with Crippen molar-refractivity contribution in [1.29, 1.82) is 0 Å². The van der Waals surface area contributed by atoms with Crippen molar-refractivity contribution >= 4 is 17.7 Å². The number of carbonyl (C=O) groups is 3. The van der Waals surface area contributed by atoms with Gasteiger partial charge >= 0.3 is 0 Å². The highest BCUT2D eigenvalue weighted by atomic mass is 16.2. The summed E-state index contributed by atoms with van der Waals surface area (Å²) in [6.07, 6.45) is 0. The molecular weight excluding hydrogens is 318 g/mol. The van der Waals surface area contributed by atoms with Crippen LogP contribution in [0, 0.1) is 20.8 Å². The SMILES string of the molecule is Cc1ccc(C(=O)NNC(=O)CNC(=O)c2ccc(C)c(C)c2)cc1. The van der Waals surface area contributed by atoms with Crippen molar-refractivity contribution in [3.05, 3.63) is 70.3 Å². The van der Waals surface area contributed by atoms with Crippen LogP contribution >= 0.6 is 0 Å². The molecule has 2 aromatic rings. The van der Waals surface area contributed by atoms with Gasteiger partial charge in [0.05, 0.1) is 6.54 Å². The number of amides is 3. The third kappa shape index (κ3) is 5.17. The van der Waals surface area contributed by atoms with E-state index in [1.165, 1.54) is 0 Å². The fourth-order valence-corrected chi connectivity index (χ4v) is 2.09. The van der Waals surface area contributed by atoms with Crippen molar-refractivity contribution in [1.82, 2.24) is 16.2 Å². The van der Waals surface area contributed by atoms with Crippen molar-refractivity contribution in [2.75, 3.05) is 6.54 Å². The highest BCUT2D eigenvalue weighted by molar-refractivity contribution is 5.98. The maximum absolute atomic E-state index is 12.0. The van der Waals surface area contributed by atoms with Gasteiger partial charge in [-0.3, -0.25) is 25.2 Å². The summed E-state index contributed by atoms with van der Waals surface area (Å²) in [5.74, 6) is -1.28. The predicted octanol–water partition coefficient (Wildman–Crippen LogP) is 1.80. The van der Waals surface area contributed by atoms with E-state index in [4.69, 9.17) is 0 Å². The molecule has 0 aliphatic carbocycles. The molecule has 0 saturated carbocycles. The van der Waals surface area contributed by atoms with Crippen molar-refractivity contribution < 1.29 is 14.4 Å². The highest BCUT2D eigenvalue weighted by Gasteiger charge is 2.10. The molecule has 2 rings (SSSR count). The summed E-state index contributed by atoms with van der Waals surface area (Å²) in [6, 6.07) is 12.3. The van der Waals surface area contributed by atoms with Crippen LogP contribution in [0.25, 0.3) is 0 Å². The Labute approximate surface area is 146 Å². The van der Waals surface area contributed by atoms with E-state index >= 15 is 0 Å². The van der Waals surface area contributed by atoms with Crippen molar-refractivity contribution in [2.24, 2.45) is 0 Å². The maximum Gasteiger partial charge on any atom is 0.269 e.